The third kappa shape index (κ3) is 4.03. The molecule has 0 saturated carbocycles. The molecule has 0 aliphatic heterocycles. The fraction of sp³-hybridized carbons (Fsp3) is 0.467. The van der Waals surface area contributed by atoms with Crippen LogP contribution >= 0.6 is 0 Å². The summed E-state index contributed by atoms with van der Waals surface area (Å²) >= 11 is 0. The van der Waals surface area contributed by atoms with Crippen LogP contribution in [-0.4, -0.2) is 30.4 Å². The Morgan fingerprint density at radius 3 is 2.41 bits per heavy atom. The standard InChI is InChI=1S/C15H19NO6/c1-5-22-15(18)8-13(17)11-6-12(16(19)20)10(9(2)3)7-14(11)21-4/h6-7,9H,5,8H2,1-4H3. The first-order valence-corrected chi connectivity index (χ1v) is 6.86. The Kier molecular flexibility index (Phi) is 6.03. The quantitative estimate of drug-likeness (QED) is 0.253. The van der Waals surface area contributed by atoms with Crippen molar-refractivity contribution in [2.45, 2.75) is 33.1 Å². The van der Waals surface area contributed by atoms with E-state index in [1.807, 2.05) is 13.8 Å². The number of nitrogens with zero attached hydrogens (tertiary/aromatic N) is 1. The van der Waals surface area contributed by atoms with E-state index in [0.29, 0.717) is 5.56 Å². The first-order chi connectivity index (χ1) is 10.3. The molecule has 0 heterocycles. The third-order valence-electron chi connectivity index (χ3n) is 3.08. The summed E-state index contributed by atoms with van der Waals surface area (Å²) in [4.78, 5) is 34.2. The summed E-state index contributed by atoms with van der Waals surface area (Å²) in [5, 5.41) is 11.2. The number of carbonyl (C=O) groups excluding carboxylic acids is 2. The Bertz CT molecular complexity index is 594. The van der Waals surface area contributed by atoms with E-state index in [1.54, 1.807) is 6.92 Å². The van der Waals surface area contributed by atoms with Gasteiger partial charge in [-0.15, -0.1) is 0 Å². The van der Waals surface area contributed by atoms with E-state index in [-0.39, 0.29) is 29.5 Å². The molecule has 0 bridgehead atoms. The lowest BCUT2D eigenvalue weighted by Crippen LogP contribution is -2.13. The Hall–Kier alpha value is -2.44. The molecule has 1 aromatic carbocycles. The molecule has 7 heteroatoms. The number of benzene rings is 1. The highest BCUT2D eigenvalue weighted by molar-refractivity contribution is 6.08. The highest BCUT2D eigenvalue weighted by Gasteiger charge is 2.25. The fourth-order valence-electron chi connectivity index (χ4n) is 2.03. The van der Waals surface area contributed by atoms with Gasteiger partial charge in [0.1, 0.15) is 12.2 Å². The van der Waals surface area contributed by atoms with Crippen LogP contribution in [0.5, 0.6) is 5.75 Å². The molecule has 0 unspecified atom stereocenters. The van der Waals surface area contributed by atoms with Crippen molar-refractivity contribution >= 4 is 17.4 Å². The summed E-state index contributed by atoms with van der Waals surface area (Å²) in [5.41, 5.74) is 0.309. The Morgan fingerprint density at radius 2 is 1.95 bits per heavy atom. The van der Waals surface area contributed by atoms with Crippen LogP contribution in [0.4, 0.5) is 5.69 Å². The maximum atomic E-state index is 12.2. The van der Waals surface area contributed by atoms with Gasteiger partial charge in [-0.3, -0.25) is 19.7 Å². The van der Waals surface area contributed by atoms with Crippen LogP contribution in [0.1, 0.15) is 49.0 Å². The van der Waals surface area contributed by atoms with Gasteiger partial charge in [0.25, 0.3) is 5.69 Å². The SMILES string of the molecule is CCOC(=O)CC(=O)c1cc([N+](=O)[O-])c(C(C)C)cc1OC. The van der Waals surface area contributed by atoms with Crippen LogP contribution in [-0.2, 0) is 9.53 Å². The second-order valence-corrected chi connectivity index (χ2v) is 4.93. The molecule has 7 nitrogen and oxygen atoms in total. The third-order valence-corrected chi connectivity index (χ3v) is 3.08. The van der Waals surface area contributed by atoms with Crippen LogP contribution in [0.25, 0.3) is 0 Å². The minimum absolute atomic E-state index is 0.00616. The van der Waals surface area contributed by atoms with Crippen molar-refractivity contribution in [1.29, 1.82) is 0 Å². The van der Waals surface area contributed by atoms with Crippen molar-refractivity contribution in [1.82, 2.24) is 0 Å². The smallest absolute Gasteiger partial charge is 0.313 e. The number of nitro groups is 1. The second kappa shape index (κ2) is 7.53. The lowest BCUT2D eigenvalue weighted by atomic mass is 9.96. The van der Waals surface area contributed by atoms with Gasteiger partial charge in [-0.25, -0.2) is 0 Å². The highest BCUT2D eigenvalue weighted by atomic mass is 16.6. The van der Waals surface area contributed by atoms with Crippen LogP contribution in [0.3, 0.4) is 0 Å². The fourth-order valence-corrected chi connectivity index (χ4v) is 2.03. The molecule has 0 spiro atoms. The van der Waals surface area contributed by atoms with Gasteiger partial charge in [0.15, 0.2) is 5.78 Å². The summed E-state index contributed by atoms with van der Waals surface area (Å²) in [5.74, 6) is -1.15. The predicted molar refractivity (Wildman–Crippen MR) is 79.3 cm³/mol. The molecule has 0 N–H and O–H groups in total. The van der Waals surface area contributed by atoms with Gasteiger partial charge in [0, 0.05) is 11.6 Å². The molecule has 1 aromatic rings. The summed E-state index contributed by atoms with van der Waals surface area (Å²) in [7, 11) is 1.37. The number of ketones is 1. The zero-order valence-corrected chi connectivity index (χ0v) is 13.0. The lowest BCUT2D eigenvalue weighted by Gasteiger charge is -2.12. The second-order valence-electron chi connectivity index (χ2n) is 4.93. The van der Waals surface area contributed by atoms with Gasteiger partial charge in [-0.2, -0.15) is 0 Å². The van der Waals surface area contributed by atoms with Crippen LogP contribution < -0.4 is 4.74 Å². The van der Waals surface area contributed by atoms with Crippen molar-refractivity contribution in [2.24, 2.45) is 0 Å². The van der Waals surface area contributed by atoms with Crippen molar-refractivity contribution < 1.29 is 24.0 Å². The van der Waals surface area contributed by atoms with Gasteiger partial charge in [-0.05, 0) is 18.9 Å². The summed E-state index contributed by atoms with van der Waals surface area (Å²) in [6.07, 6.45) is -0.484. The molecule has 0 aliphatic carbocycles. The molecule has 22 heavy (non-hydrogen) atoms. The number of methoxy groups -OCH3 is 1. The highest BCUT2D eigenvalue weighted by Crippen LogP contribution is 2.34. The van der Waals surface area contributed by atoms with Gasteiger partial charge < -0.3 is 9.47 Å². The molecule has 120 valence electrons. The minimum Gasteiger partial charge on any atom is -0.496 e. The number of hydrogen-bond acceptors (Lipinski definition) is 6. The number of carbonyl (C=O) groups is 2. The molecular weight excluding hydrogens is 290 g/mol. The number of hydrogen-bond donors (Lipinski definition) is 0. The number of Topliss-reactive ketones (excluding diaryl/α,β-unsaturated/α-hetero) is 1. The maximum Gasteiger partial charge on any atom is 0.313 e. The number of nitro benzene ring substituents is 1. The molecule has 0 aromatic heterocycles. The first kappa shape index (κ1) is 17.6. The Balaban J connectivity index is 3.29. The van der Waals surface area contributed by atoms with E-state index in [1.165, 1.54) is 13.2 Å². The molecule has 1 rings (SSSR count). The van der Waals surface area contributed by atoms with E-state index >= 15 is 0 Å². The average molecular weight is 309 g/mol. The van der Waals surface area contributed by atoms with Crippen molar-refractivity contribution in [3.8, 4) is 5.75 Å². The predicted octanol–water partition coefficient (Wildman–Crippen LogP) is 2.86. The Morgan fingerprint density at radius 1 is 1.32 bits per heavy atom. The van der Waals surface area contributed by atoms with E-state index in [0.717, 1.165) is 6.07 Å². The minimum atomic E-state index is -0.676. The van der Waals surface area contributed by atoms with Gasteiger partial charge in [0.2, 0.25) is 0 Å². The number of ether oxygens (including phenoxy) is 2. The average Bonchev–Trinajstić information content (AvgIpc) is 2.45. The van der Waals surface area contributed by atoms with E-state index < -0.39 is 23.1 Å². The van der Waals surface area contributed by atoms with Crippen molar-refractivity contribution in [2.75, 3.05) is 13.7 Å². The lowest BCUT2D eigenvalue weighted by molar-refractivity contribution is -0.385. The van der Waals surface area contributed by atoms with E-state index in [9.17, 15) is 19.7 Å². The largest absolute Gasteiger partial charge is 0.496 e. The van der Waals surface area contributed by atoms with Crippen LogP contribution in [0.2, 0.25) is 0 Å². The molecular formula is C15H19NO6. The van der Waals surface area contributed by atoms with Crippen LogP contribution in [0.15, 0.2) is 12.1 Å². The number of esters is 1. The molecule has 0 atom stereocenters. The maximum absolute atomic E-state index is 12.2. The van der Waals surface area contributed by atoms with E-state index in [2.05, 4.69) is 0 Å². The topological polar surface area (TPSA) is 95.7 Å². The van der Waals surface area contributed by atoms with Crippen LogP contribution in [0, 0.1) is 10.1 Å². The zero-order valence-electron chi connectivity index (χ0n) is 13.0. The monoisotopic (exact) mass is 309 g/mol. The van der Waals surface area contributed by atoms with Crippen molar-refractivity contribution in [3.63, 3.8) is 0 Å². The molecule has 0 aliphatic rings. The van der Waals surface area contributed by atoms with Crippen molar-refractivity contribution in [3.05, 3.63) is 33.4 Å². The molecule has 0 amide bonds. The van der Waals surface area contributed by atoms with Gasteiger partial charge in [-0.1, -0.05) is 13.8 Å². The van der Waals surface area contributed by atoms with E-state index in [4.69, 9.17) is 9.47 Å². The molecule has 0 saturated heterocycles. The van der Waals surface area contributed by atoms with Gasteiger partial charge >= 0.3 is 5.97 Å². The molecule has 0 fully saturated rings. The number of rotatable bonds is 7. The van der Waals surface area contributed by atoms with Gasteiger partial charge in [0.05, 0.1) is 24.2 Å². The Labute approximate surface area is 128 Å². The molecule has 0 radical (unpaired) electrons. The first-order valence-electron chi connectivity index (χ1n) is 6.86. The summed E-state index contributed by atoms with van der Waals surface area (Å²) in [6.45, 7) is 5.41. The summed E-state index contributed by atoms with van der Waals surface area (Å²) in [6, 6.07) is 2.64. The summed E-state index contributed by atoms with van der Waals surface area (Å²) < 4.78 is 9.85. The zero-order chi connectivity index (χ0) is 16.9. The normalized spacial score (nSPS) is 10.4.